The molecule has 0 unspecified atom stereocenters. The maximum Gasteiger partial charge on any atom is 0.338 e. The van der Waals surface area contributed by atoms with Crippen LogP contribution >= 0.6 is 0 Å². The number of rotatable bonds is 4. The van der Waals surface area contributed by atoms with E-state index in [2.05, 4.69) is 0 Å². The standard InChI is InChI=1S/C15H13F2NO3/c1-20-13-6-5-9(7-12(13)18)15(19)21-8-10-3-2-4-11(16)14(10)17/h2-7H,8,18H2,1H3. The fourth-order valence-corrected chi connectivity index (χ4v) is 1.75. The number of benzene rings is 2. The molecule has 0 atom stereocenters. The third-order valence-electron chi connectivity index (χ3n) is 2.86. The second-order valence-corrected chi connectivity index (χ2v) is 4.25. The molecule has 2 rings (SSSR count). The molecule has 0 aromatic heterocycles. The van der Waals surface area contributed by atoms with Crippen LogP contribution < -0.4 is 10.5 Å². The summed E-state index contributed by atoms with van der Waals surface area (Å²) >= 11 is 0. The lowest BCUT2D eigenvalue weighted by Gasteiger charge is -2.08. The first-order valence-electron chi connectivity index (χ1n) is 6.06. The molecule has 21 heavy (non-hydrogen) atoms. The summed E-state index contributed by atoms with van der Waals surface area (Å²) in [5.74, 6) is -2.27. The van der Waals surface area contributed by atoms with Crippen molar-refractivity contribution < 1.29 is 23.0 Å². The Labute approximate surface area is 120 Å². The predicted molar refractivity (Wildman–Crippen MR) is 72.9 cm³/mol. The highest BCUT2D eigenvalue weighted by Crippen LogP contribution is 2.22. The van der Waals surface area contributed by atoms with E-state index in [0.717, 1.165) is 6.07 Å². The number of hydrogen-bond acceptors (Lipinski definition) is 4. The summed E-state index contributed by atoms with van der Waals surface area (Å²) in [5, 5.41) is 0. The van der Waals surface area contributed by atoms with Crippen molar-refractivity contribution in [1.29, 1.82) is 0 Å². The highest BCUT2D eigenvalue weighted by Gasteiger charge is 2.13. The molecular weight excluding hydrogens is 280 g/mol. The quantitative estimate of drug-likeness (QED) is 0.695. The number of nitrogen functional groups attached to an aromatic ring is 1. The Balaban J connectivity index is 2.08. The summed E-state index contributed by atoms with van der Waals surface area (Å²) < 4.78 is 36.3. The highest BCUT2D eigenvalue weighted by molar-refractivity contribution is 5.91. The Morgan fingerprint density at radius 1 is 1.24 bits per heavy atom. The van der Waals surface area contributed by atoms with Crippen LogP contribution in [0.1, 0.15) is 15.9 Å². The number of anilines is 1. The van der Waals surface area contributed by atoms with Crippen molar-refractivity contribution in [1.82, 2.24) is 0 Å². The van der Waals surface area contributed by atoms with Crippen molar-refractivity contribution in [2.45, 2.75) is 6.61 Å². The Hall–Kier alpha value is -2.63. The third kappa shape index (κ3) is 3.28. The number of esters is 1. The number of methoxy groups -OCH3 is 1. The van der Waals surface area contributed by atoms with Gasteiger partial charge in [-0.15, -0.1) is 0 Å². The molecule has 0 bridgehead atoms. The number of carbonyl (C=O) groups is 1. The first-order valence-corrected chi connectivity index (χ1v) is 6.06. The van der Waals surface area contributed by atoms with E-state index in [9.17, 15) is 13.6 Å². The van der Waals surface area contributed by atoms with Crippen LogP contribution in [0.25, 0.3) is 0 Å². The molecule has 110 valence electrons. The van der Waals surface area contributed by atoms with Crippen molar-refractivity contribution in [3.8, 4) is 5.75 Å². The Morgan fingerprint density at radius 2 is 2.00 bits per heavy atom. The van der Waals surface area contributed by atoms with Crippen molar-refractivity contribution in [2.75, 3.05) is 12.8 Å². The molecule has 0 saturated carbocycles. The number of carbonyl (C=O) groups excluding carboxylic acids is 1. The van der Waals surface area contributed by atoms with Crippen LogP contribution in [0, 0.1) is 11.6 Å². The molecule has 0 radical (unpaired) electrons. The lowest BCUT2D eigenvalue weighted by molar-refractivity contribution is 0.0468. The predicted octanol–water partition coefficient (Wildman–Crippen LogP) is 2.91. The molecule has 0 aliphatic carbocycles. The fraction of sp³-hybridized carbons (Fsp3) is 0.133. The number of hydrogen-bond donors (Lipinski definition) is 1. The Kier molecular flexibility index (Phi) is 4.37. The van der Waals surface area contributed by atoms with Gasteiger partial charge in [0.2, 0.25) is 0 Å². The Bertz CT molecular complexity index is 674. The largest absolute Gasteiger partial charge is 0.495 e. The molecular formula is C15H13F2NO3. The lowest BCUT2D eigenvalue weighted by atomic mass is 10.2. The number of halogens is 2. The summed E-state index contributed by atoms with van der Waals surface area (Å²) in [4.78, 5) is 11.8. The van der Waals surface area contributed by atoms with E-state index in [1.165, 1.54) is 37.4 Å². The molecule has 0 heterocycles. The molecule has 0 aliphatic heterocycles. The summed E-state index contributed by atoms with van der Waals surface area (Å²) in [6, 6.07) is 8.06. The summed E-state index contributed by atoms with van der Waals surface area (Å²) in [5.41, 5.74) is 6.12. The van der Waals surface area contributed by atoms with E-state index >= 15 is 0 Å². The van der Waals surface area contributed by atoms with Crippen LogP contribution in [-0.2, 0) is 11.3 Å². The summed E-state index contributed by atoms with van der Waals surface area (Å²) in [6.45, 7) is -0.367. The van der Waals surface area contributed by atoms with E-state index in [0.29, 0.717) is 5.75 Å². The van der Waals surface area contributed by atoms with Gasteiger partial charge < -0.3 is 15.2 Å². The summed E-state index contributed by atoms with van der Waals surface area (Å²) in [6.07, 6.45) is 0. The SMILES string of the molecule is COc1ccc(C(=O)OCc2cccc(F)c2F)cc1N. The monoisotopic (exact) mass is 293 g/mol. The van der Waals surface area contributed by atoms with Crippen LogP contribution in [0.3, 0.4) is 0 Å². The molecule has 0 saturated heterocycles. The van der Waals surface area contributed by atoms with E-state index in [1.807, 2.05) is 0 Å². The average Bonchev–Trinajstić information content (AvgIpc) is 2.48. The normalized spacial score (nSPS) is 10.2. The van der Waals surface area contributed by atoms with Crippen molar-refractivity contribution in [2.24, 2.45) is 0 Å². The molecule has 2 aromatic rings. The van der Waals surface area contributed by atoms with Gasteiger partial charge >= 0.3 is 5.97 Å². The lowest BCUT2D eigenvalue weighted by Crippen LogP contribution is -2.07. The molecule has 0 fully saturated rings. The van der Waals surface area contributed by atoms with Crippen molar-refractivity contribution in [3.63, 3.8) is 0 Å². The van der Waals surface area contributed by atoms with Gasteiger partial charge in [-0.3, -0.25) is 0 Å². The maximum atomic E-state index is 13.4. The van der Waals surface area contributed by atoms with Crippen LogP contribution in [-0.4, -0.2) is 13.1 Å². The maximum absolute atomic E-state index is 13.4. The van der Waals surface area contributed by atoms with Gasteiger partial charge in [0.15, 0.2) is 11.6 Å². The average molecular weight is 293 g/mol. The van der Waals surface area contributed by atoms with Gasteiger partial charge in [-0.25, -0.2) is 13.6 Å². The zero-order valence-electron chi connectivity index (χ0n) is 11.2. The molecule has 0 aliphatic rings. The minimum absolute atomic E-state index is 0.0372. The first kappa shape index (κ1) is 14.8. The van der Waals surface area contributed by atoms with Gasteiger partial charge in [0.05, 0.1) is 18.4 Å². The first-order chi connectivity index (χ1) is 10.0. The highest BCUT2D eigenvalue weighted by atomic mass is 19.2. The van der Waals surface area contributed by atoms with E-state index in [-0.39, 0.29) is 23.4 Å². The van der Waals surface area contributed by atoms with E-state index in [4.69, 9.17) is 15.2 Å². The van der Waals surface area contributed by atoms with Crippen LogP contribution in [0.15, 0.2) is 36.4 Å². The molecule has 2 aromatic carbocycles. The zero-order chi connectivity index (χ0) is 15.4. The number of nitrogens with two attached hydrogens (primary N) is 1. The molecule has 2 N–H and O–H groups in total. The van der Waals surface area contributed by atoms with Gasteiger partial charge in [0.25, 0.3) is 0 Å². The Morgan fingerprint density at radius 3 is 2.67 bits per heavy atom. The molecule has 6 heteroatoms. The third-order valence-corrected chi connectivity index (χ3v) is 2.86. The van der Waals surface area contributed by atoms with Crippen LogP contribution in [0.4, 0.5) is 14.5 Å². The van der Waals surface area contributed by atoms with E-state index < -0.39 is 17.6 Å². The minimum Gasteiger partial charge on any atom is -0.495 e. The second kappa shape index (κ2) is 6.21. The fourth-order valence-electron chi connectivity index (χ4n) is 1.75. The van der Waals surface area contributed by atoms with Crippen LogP contribution in [0.5, 0.6) is 5.75 Å². The van der Waals surface area contributed by atoms with Gasteiger partial charge in [0, 0.05) is 5.56 Å². The molecule has 0 spiro atoms. The zero-order valence-corrected chi connectivity index (χ0v) is 11.2. The van der Waals surface area contributed by atoms with Gasteiger partial charge in [-0.05, 0) is 24.3 Å². The number of ether oxygens (including phenoxy) is 2. The molecule has 0 amide bonds. The second-order valence-electron chi connectivity index (χ2n) is 4.25. The van der Waals surface area contributed by atoms with Crippen LogP contribution in [0.2, 0.25) is 0 Å². The minimum atomic E-state index is -1.03. The summed E-state index contributed by atoms with van der Waals surface area (Å²) in [7, 11) is 1.45. The van der Waals surface area contributed by atoms with Gasteiger partial charge in [-0.2, -0.15) is 0 Å². The van der Waals surface area contributed by atoms with Crippen molar-refractivity contribution >= 4 is 11.7 Å². The van der Waals surface area contributed by atoms with E-state index in [1.54, 1.807) is 0 Å². The van der Waals surface area contributed by atoms with Crippen molar-refractivity contribution in [3.05, 3.63) is 59.2 Å². The topological polar surface area (TPSA) is 61.5 Å². The molecule has 4 nitrogen and oxygen atoms in total. The van der Waals surface area contributed by atoms with Gasteiger partial charge in [0.1, 0.15) is 12.4 Å². The smallest absolute Gasteiger partial charge is 0.338 e. The van der Waals surface area contributed by atoms with Gasteiger partial charge in [-0.1, -0.05) is 12.1 Å².